The van der Waals surface area contributed by atoms with E-state index in [-0.39, 0.29) is 29.7 Å². The predicted molar refractivity (Wildman–Crippen MR) is 101 cm³/mol. The minimum atomic E-state index is -2.90. The van der Waals surface area contributed by atoms with Crippen molar-refractivity contribution in [2.45, 2.75) is 26.8 Å². The van der Waals surface area contributed by atoms with Crippen LogP contribution in [0.3, 0.4) is 0 Å². The Morgan fingerprint density at radius 1 is 1.32 bits per heavy atom. The molecule has 1 aromatic rings. The Kier molecular flexibility index (Phi) is 8.98. The quantitative estimate of drug-likeness (QED) is 0.293. The second kappa shape index (κ2) is 9.33. The summed E-state index contributed by atoms with van der Waals surface area (Å²) in [6, 6.07) is 0. The maximum absolute atomic E-state index is 11.1. The first kappa shape index (κ1) is 21.2. The van der Waals surface area contributed by atoms with Gasteiger partial charge in [0.15, 0.2) is 5.96 Å². The van der Waals surface area contributed by atoms with E-state index in [9.17, 15) is 8.42 Å². The van der Waals surface area contributed by atoms with Gasteiger partial charge in [0.2, 0.25) is 0 Å². The van der Waals surface area contributed by atoms with Gasteiger partial charge in [-0.15, -0.1) is 24.0 Å². The molecule has 9 heteroatoms. The number of hydrogen-bond acceptors (Lipinski definition) is 4. The first-order chi connectivity index (χ1) is 9.74. The molecule has 0 aliphatic heterocycles. The van der Waals surface area contributed by atoms with Gasteiger partial charge in [-0.25, -0.2) is 8.42 Å². The summed E-state index contributed by atoms with van der Waals surface area (Å²) in [6.45, 7) is 5.21. The largest absolute Gasteiger partial charge is 0.356 e. The lowest BCUT2D eigenvalue weighted by Crippen LogP contribution is -2.37. The van der Waals surface area contributed by atoms with Crippen molar-refractivity contribution < 1.29 is 8.42 Å². The van der Waals surface area contributed by atoms with E-state index in [1.54, 1.807) is 7.05 Å². The smallest absolute Gasteiger partial charge is 0.191 e. The highest BCUT2D eigenvalue weighted by Crippen LogP contribution is 2.10. The van der Waals surface area contributed by atoms with Crippen LogP contribution in [0.15, 0.2) is 4.99 Å². The van der Waals surface area contributed by atoms with Gasteiger partial charge < -0.3 is 10.6 Å². The van der Waals surface area contributed by atoms with Crippen molar-refractivity contribution in [3.05, 3.63) is 17.0 Å². The molecule has 0 unspecified atom stereocenters. The first-order valence-electron chi connectivity index (χ1n) is 6.86. The fourth-order valence-corrected chi connectivity index (χ4v) is 2.68. The van der Waals surface area contributed by atoms with Crippen LogP contribution in [0.5, 0.6) is 0 Å². The third-order valence-electron chi connectivity index (χ3n) is 3.30. The molecule has 0 atom stereocenters. The zero-order chi connectivity index (χ0) is 16.0. The monoisotopic (exact) mass is 443 g/mol. The lowest BCUT2D eigenvalue weighted by Gasteiger charge is -2.12. The Hall–Kier alpha value is -0.840. The maximum Gasteiger partial charge on any atom is 0.191 e. The summed E-state index contributed by atoms with van der Waals surface area (Å²) in [6.07, 6.45) is 1.80. The summed E-state index contributed by atoms with van der Waals surface area (Å²) in [5, 5.41) is 10.7. The number of guanidine groups is 1. The van der Waals surface area contributed by atoms with Crippen molar-refractivity contribution in [2.24, 2.45) is 12.0 Å². The lowest BCUT2D eigenvalue weighted by atomic mass is 10.2. The fraction of sp³-hybridized carbons (Fsp3) is 0.692. The summed E-state index contributed by atoms with van der Waals surface area (Å²) in [5.74, 6) is 0.837. The second-order valence-electron chi connectivity index (χ2n) is 5.11. The van der Waals surface area contributed by atoms with Crippen LogP contribution in [-0.2, 0) is 23.4 Å². The summed E-state index contributed by atoms with van der Waals surface area (Å²) < 4.78 is 24.0. The molecule has 0 bridgehead atoms. The minimum absolute atomic E-state index is 0. The van der Waals surface area contributed by atoms with Gasteiger partial charge >= 0.3 is 0 Å². The Bertz CT molecular complexity index is 610. The molecule has 0 fully saturated rings. The van der Waals surface area contributed by atoms with Crippen LogP contribution < -0.4 is 10.6 Å². The standard InChI is InChI=1S/C13H25N5O2S.HI/c1-10-12(11(2)18(4)17-10)9-16-13(14-3)15-7-6-8-21(5,19)20;/h6-9H2,1-5H3,(H2,14,15,16);1H. The van der Waals surface area contributed by atoms with Gasteiger partial charge in [0.05, 0.1) is 11.4 Å². The molecular weight excluding hydrogens is 417 g/mol. The minimum Gasteiger partial charge on any atom is -0.356 e. The van der Waals surface area contributed by atoms with Gasteiger partial charge in [0, 0.05) is 44.7 Å². The van der Waals surface area contributed by atoms with Gasteiger partial charge in [-0.05, 0) is 20.3 Å². The van der Waals surface area contributed by atoms with Crippen LogP contribution in [0.2, 0.25) is 0 Å². The van der Waals surface area contributed by atoms with E-state index >= 15 is 0 Å². The zero-order valence-corrected chi connectivity index (χ0v) is 16.9. The first-order valence-corrected chi connectivity index (χ1v) is 8.92. The Balaban J connectivity index is 0.00000441. The van der Waals surface area contributed by atoms with Crippen LogP contribution in [-0.4, -0.2) is 49.8 Å². The Labute approximate surface area is 149 Å². The molecule has 7 nitrogen and oxygen atoms in total. The van der Waals surface area contributed by atoms with Crippen LogP contribution in [0.25, 0.3) is 0 Å². The summed E-state index contributed by atoms with van der Waals surface area (Å²) >= 11 is 0. The molecule has 22 heavy (non-hydrogen) atoms. The summed E-state index contributed by atoms with van der Waals surface area (Å²) in [5.41, 5.74) is 3.26. The van der Waals surface area contributed by atoms with Crippen LogP contribution in [0.1, 0.15) is 23.4 Å². The molecule has 0 aliphatic rings. The van der Waals surface area contributed by atoms with E-state index in [4.69, 9.17) is 0 Å². The van der Waals surface area contributed by atoms with Crippen molar-refractivity contribution in [3.8, 4) is 0 Å². The number of aromatic nitrogens is 2. The molecule has 1 rings (SSSR count). The average Bonchev–Trinajstić information content (AvgIpc) is 2.62. The zero-order valence-electron chi connectivity index (χ0n) is 13.8. The molecule has 0 saturated carbocycles. The molecule has 2 N–H and O–H groups in total. The van der Waals surface area contributed by atoms with E-state index in [1.807, 2.05) is 25.6 Å². The van der Waals surface area contributed by atoms with E-state index < -0.39 is 9.84 Å². The third kappa shape index (κ3) is 6.95. The number of nitrogens with one attached hydrogen (secondary N) is 2. The highest BCUT2D eigenvalue weighted by atomic mass is 127. The number of sulfone groups is 1. The van der Waals surface area contributed by atoms with E-state index in [0.717, 1.165) is 17.0 Å². The number of aliphatic imine (C=N–C) groups is 1. The number of rotatable bonds is 6. The van der Waals surface area contributed by atoms with Crippen LogP contribution in [0, 0.1) is 13.8 Å². The third-order valence-corrected chi connectivity index (χ3v) is 4.33. The molecule has 0 aromatic carbocycles. The van der Waals surface area contributed by atoms with Gasteiger partial charge in [-0.2, -0.15) is 5.10 Å². The number of hydrogen-bond donors (Lipinski definition) is 2. The molecular formula is C13H26IN5O2S. The maximum atomic E-state index is 11.1. The molecule has 0 aliphatic carbocycles. The normalized spacial score (nSPS) is 12.0. The van der Waals surface area contributed by atoms with Crippen LogP contribution >= 0.6 is 24.0 Å². The highest BCUT2D eigenvalue weighted by Gasteiger charge is 2.09. The average molecular weight is 443 g/mol. The van der Waals surface area contributed by atoms with Gasteiger partial charge in [-0.3, -0.25) is 9.67 Å². The Morgan fingerprint density at radius 3 is 2.41 bits per heavy atom. The summed E-state index contributed by atoms with van der Waals surface area (Å²) in [7, 11) is 0.706. The van der Waals surface area contributed by atoms with Crippen molar-refractivity contribution >= 4 is 39.8 Å². The molecule has 0 saturated heterocycles. The molecule has 0 spiro atoms. The number of aryl methyl sites for hydroxylation is 2. The van der Waals surface area contributed by atoms with Crippen molar-refractivity contribution in [1.82, 2.24) is 20.4 Å². The molecule has 1 heterocycles. The lowest BCUT2D eigenvalue weighted by molar-refractivity contribution is 0.598. The SMILES string of the molecule is CN=C(NCCCS(C)(=O)=O)NCc1c(C)nn(C)c1C.I. The predicted octanol–water partition coefficient (Wildman–Crippen LogP) is 0.755. The number of halogens is 1. The summed E-state index contributed by atoms with van der Waals surface area (Å²) in [4.78, 5) is 4.12. The van der Waals surface area contributed by atoms with E-state index in [1.165, 1.54) is 6.26 Å². The van der Waals surface area contributed by atoms with Gasteiger partial charge in [0.1, 0.15) is 9.84 Å². The highest BCUT2D eigenvalue weighted by molar-refractivity contribution is 14.0. The Morgan fingerprint density at radius 2 is 1.95 bits per heavy atom. The number of nitrogens with zero attached hydrogens (tertiary/aromatic N) is 3. The van der Waals surface area contributed by atoms with Crippen molar-refractivity contribution in [1.29, 1.82) is 0 Å². The molecule has 128 valence electrons. The topological polar surface area (TPSA) is 88.4 Å². The van der Waals surface area contributed by atoms with Gasteiger partial charge in [-0.1, -0.05) is 0 Å². The second-order valence-corrected chi connectivity index (χ2v) is 7.37. The van der Waals surface area contributed by atoms with Gasteiger partial charge in [0.25, 0.3) is 0 Å². The molecule has 0 radical (unpaired) electrons. The molecule has 0 amide bonds. The van der Waals surface area contributed by atoms with E-state index in [0.29, 0.717) is 25.5 Å². The van der Waals surface area contributed by atoms with Crippen LogP contribution in [0.4, 0.5) is 0 Å². The van der Waals surface area contributed by atoms with Crippen molar-refractivity contribution in [2.75, 3.05) is 25.6 Å². The van der Waals surface area contributed by atoms with Crippen molar-refractivity contribution in [3.63, 3.8) is 0 Å². The molecule has 1 aromatic heterocycles. The van der Waals surface area contributed by atoms with E-state index in [2.05, 4.69) is 20.7 Å². The fourth-order valence-electron chi connectivity index (χ4n) is 2.01.